The van der Waals surface area contributed by atoms with Gasteiger partial charge < -0.3 is 0 Å². The summed E-state index contributed by atoms with van der Waals surface area (Å²) in [7, 11) is -1.86. The summed E-state index contributed by atoms with van der Waals surface area (Å²) >= 11 is 3.69. The first kappa shape index (κ1) is 20.2. The molecule has 0 N–H and O–H groups in total. The van der Waals surface area contributed by atoms with Crippen molar-refractivity contribution < 1.29 is 0 Å². The molecule has 2 aliphatic carbocycles. The molecule has 0 aromatic heterocycles. The van der Waals surface area contributed by atoms with Crippen molar-refractivity contribution in [2.75, 3.05) is 0 Å². The van der Waals surface area contributed by atoms with E-state index in [0.717, 1.165) is 4.47 Å². The number of hydrogen-bond donors (Lipinski definition) is 0. The van der Waals surface area contributed by atoms with Gasteiger partial charge in [0.1, 0.15) is 0 Å². The second kappa shape index (κ2) is 7.04. The van der Waals surface area contributed by atoms with E-state index >= 15 is 0 Å². The van der Waals surface area contributed by atoms with Crippen LogP contribution in [0.1, 0.15) is 45.8 Å². The highest BCUT2D eigenvalue weighted by Crippen LogP contribution is 2.55. The van der Waals surface area contributed by atoms with E-state index in [1.54, 1.807) is 5.56 Å². The van der Waals surface area contributed by atoms with Crippen LogP contribution in [-0.4, -0.2) is 8.07 Å². The van der Waals surface area contributed by atoms with E-state index in [4.69, 9.17) is 0 Å². The van der Waals surface area contributed by atoms with Gasteiger partial charge in [-0.05, 0) is 75.7 Å². The van der Waals surface area contributed by atoms with E-state index in [1.807, 2.05) is 0 Å². The van der Waals surface area contributed by atoms with Crippen LogP contribution in [0.5, 0.6) is 0 Å². The third-order valence-corrected chi connectivity index (χ3v) is 12.8. The number of rotatable bonds is 2. The zero-order valence-corrected chi connectivity index (χ0v) is 21.6. The van der Waals surface area contributed by atoms with Crippen LogP contribution in [-0.2, 0) is 0 Å². The molecule has 0 nitrogen and oxygen atoms in total. The van der Waals surface area contributed by atoms with Gasteiger partial charge in [0.2, 0.25) is 0 Å². The smallest absolute Gasteiger partial charge is 0.0679 e. The normalized spacial score (nSPS) is 17.3. The van der Waals surface area contributed by atoms with E-state index in [9.17, 15) is 0 Å². The molecule has 4 aromatic carbocycles. The molecule has 32 heavy (non-hydrogen) atoms. The molecule has 1 atom stereocenters. The molecule has 4 aromatic rings. The summed E-state index contributed by atoms with van der Waals surface area (Å²) in [5.41, 5.74) is 12.9. The molecular formula is C30H27BrSi. The SMILES string of the molecule is CC1=Cc2c(cc3cc(Br)ccc3c2C)C1[Si](C)(C)C1c2ccccc2-c2ccccc21. The summed E-state index contributed by atoms with van der Waals surface area (Å²) in [6.07, 6.45) is 2.48. The lowest BCUT2D eigenvalue weighted by atomic mass is 9.96. The van der Waals surface area contributed by atoms with Crippen molar-refractivity contribution in [3.63, 3.8) is 0 Å². The largest absolute Gasteiger partial charge is 0.0726 e. The van der Waals surface area contributed by atoms with Crippen molar-refractivity contribution >= 4 is 40.9 Å². The number of halogens is 1. The highest BCUT2D eigenvalue weighted by atomic mass is 79.9. The van der Waals surface area contributed by atoms with Gasteiger partial charge in [-0.3, -0.25) is 0 Å². The van der Waals surface area contributed by atoms with Crippen LogP contribution in [0.2, 0.25) is 13.1 Å². The van der Waals surface area contributed by atoms with Crippen LogP contribution < -0.4 is 0 Å². The molecule has 1 unspecified atom stereocenters. The van der Waals surface area contributed by atoms with Crippen LogP contribution in [0, 0.1) is 6.92 Å². The molecule has 0 saturated heterocycles. The van der Waals surface area contributed by atoms with E-state index < -0.39 is 8.07 Å². The molecule has 158 valence electrons. The Morgan fingerprint density at radius 2 is 1.34 bits per heavy atom. The second-order valence-electron chi connectivity index (χ2n) is 10.1. The Labute approximate surface area is 200 Å². The van der Waals surface area contributed by atoms with Crippen molar-refractivity contribution in [3.8, 4) is 11.1 Å². The lowest BCUT2D eigenvalue weighted by Gasteiger charge is -2.38. The molecule has 0 amide bonds. The first-order chi connectivity index (χ1) is 15.4. The van der Waals surface area contributed by atoms with Gasteiger partial charge in [0, 0.05) is 15.6 Å². The highest BCUT2D eigenvalue weighted by Gasteiger charge is 2.48. The van der Waals surface area contributed by atoms with Gasteiger partial charge in [0.25, 0.3) is 0 Å². The van der Waals surface area contributed by atoms with Gasteiger partial charge in [0.15, 0.2) is 0 Å². The Kier molecular flexibility index (Phi) is 4.44. The Balaban J connectivity index is 1.57. The minimum absolute atomic E-state index is 0.507. The van der Waals surface area contributed by atoms with Crippen LogP contribution in [0.25, 0.3) is 28.0 Å². The molecule has 2 heteroatoms. The number of hydrogen-bond acceptors (Lipinski definition) is 0. The summed E-state index contributed by atoms with van der Waals surface area (Å²) in [6, 6.07) is 27.4. The van der Waals surface area contributed by atoms with Crippen LogP contribution >= 0.6 is 15.9 Å². The van der Waals surface area contributed by atoms with Crippen molar-refractivity contribution in [3.05, 3.63) is 111 Å². The van der Waals surface area contributed by atoms with Gasteiger partial charge in [-0.2, -0.15) is 0 Å². The van der Waals surface area contributed by atoms with E-state index in [2.05, 4.69) is 122 Å². The molecule has 0 spiro atoms. The summed E-state index contributed by atoms with van der Waals surface area (Å²) in [4.78, 5) is 0. The molecule has 0 saturated carbocycles. The second-order valence-corrected chi connectivity index (χ2v) is 15.8. The quantitative estimate of drug-likeness (QED) is 0.243. The maximum Gasteiger partial charge on any atom is 0.0726 e. The maximum atomic E-state index is 3.69. The lowest BCUT2D eigenvalue weighted by Crippen LogP contribution is -2.42. The summed E-state index contributed by atoms with van der Waals surface area (Å²) in [5.74, 6) is 0. The van der Waals surface area contributed by atoms with Crippen molar-refractivity contribution in [1.29, 1.82) is 0 Å². The Morgan fingerprint density at radius 1 is 0.719 bits per heavy atom. The molecule has 0 radical (unpaired) electrons. The average Bonchev–Trinajstić information content (AvgIpc) is 3.29. The van der Waals surface area contributed by atoms with Gasteiger partial charge in [-0.15, -0.1) is 0 Å². The molecule has 0 heterocycles. The van der Waals surface area contributed by atoms with Crippen LogP contribution in [0.4, 0.5) is 0 Å². The maximum absolute atomic E-state index is 3.69. The molecule has 2 aliphatic rings. The zero-order chi connectivity index (χ0) is 22.2. The Morgan fingerprint density at radius 3 is 2.00 bits per heavy atom. The first-order valence-electron chi connectivity index (χ1n) is 11.5. The third-order valence-electron chi connectivity index (χ3n) is 7.90. The summed E-state index contributed by atoms with van der Waals surface area (Å²) < 4.78 is 1.15. The topological polar surface area (TPSA) is 0 Å². The van der Waals surface area contributed by atoms with Gasteiger partial charge in [-0.25, -0.2) is 0 Å². The molecule has 0 fully saturated rings. The fourth-order valence-electron chi connectivity index (χ4n) is 6.70. The Hall–Kier alpha value is -2.42. The third kappa shape index (κ3) is 2.72. The molecule has 0 aliphatic heterocycles. The van der Waals surface area contributed by atoms with Gasteiger partial charge >= 0.3 is 0 Å². The van der Waals surface area contributed by atoms with Crippen molar-refractivity contribution in [2.24, 2.45) is 0 Å². The standard InChI is InChI=1S/C30H27BrSi/c1-18-15-27-19(2)22-14-13-21(31)16-20(22)17-28(27)29(18)32(3,4)30-25-11-7-5-9-23(25)24-10-6-8-12-26(24)30/h5-17,29-30H,1-4H3. The van der Waals surface area contributed by atoms with E-state index in [1.165, 1.54) is 49.7 Å². The average molecular weight is 496 g/mol. The highest BCUT2D eigenvalue weighted by molar-refractivity contribution is 9.10. The van der Waals surface area contributed by atoms with Crippen LogP contribution in [0.15, 0.2) is 82.8 Å². The summed E-state index contributed by atoms with van der Waals surface area (Å²) in [5, 5.41) is 2.72. The number of aryl methyl sites for hydroxylation is 1. The van der Waals surface area contributed by atoms with Crippen LogP contribution in [0.3, 0.4) is 0 Å². The Bertz CT molecular complexity index is 1400. The van der Waals surface area contributed by atoms with Crippen molar-refractivity contribution in [1.82, 2.24) is 0 Å². The zero-order valence-electron chi connectivity index (χ0n) is 19.0. The van der Waals surface area contributed by atoms with E-state index in [-0.39, 0.29) is 0 Å². The first-order valence-corrected chi connectivity index (χ1v) is 15.4. The molecule has 0 bridgehead atoms. The minimum Gasteiger partial charge on any atom is -0.0679 e. The predicted molar refractivity (Wildman–Crippen MR) is 144 cm³/mol. The predicted octanol–water partition coefficient (Wildman–Crippen LogP) is 9.01. The van der Waals surface area contributed by atoms with Crippen molar-refractivity contribution in [2.45, 2.75) is 38.0 Å². The fourth-order valence-corrected chi connectivity index (χ4v) is 11.8. The minimum atomic E-state index is -1.86. The molecular weight excluding hydrogens is 468 g/mol. The number of fused-ring (bicyclic) bond motifs is 5. The van der Waals surface area contributed by atoms with Gasteiger partial charge in [-0.1, -0.05) is 101 Å². The lowest BCUT2D eigenvalue weighted by molar-refractivity contribution is 0.987. The monoisotopic (exact) mass is 494 g/mol. The fraction of sp³-hybridized carbons (Fsp3) is 0.200. The van der Waals surface area contributed by atoms with Gasteiger partial charge in [0.05, 0.1) is 8.07 Å². The summed E-state index contributed by atoms with van der Waals surface area (Å²) in [6.45, 7) is 9.91. The van der Waals surface area contributed by atoms with E-state index in [0.29, 0.717) is 11.1 Å². The number of allylic oxidation sites excluding steroid dienone is 1. The molecule has 6 rings (SSSR count). The number of benzene rings is 4.